The van der Waals surface area contributed by atoms with Crippen molar-refractivity contribution < 1.29 is 9.85 Å². The van der Waals surface area contributed by atoms with E-state index in [4.69, 9.17) is 0 Å². The highest BCUT2D eigenvalue weighted by Crippen LogP contribution is 2.15. The summed E-state index contributed by atoms with van der Waals surface area (Å²) in [7, 11) is 0. The van der Waals surface area contributed by atoms with Crippen LogP contribution < -0.4 is 0 Å². The number of hydrogen-bond donors (Lipinski definition) is 0. The molecule has 0 aliphatic carbocycles. The molecule has 0 heterocycles. The average Bonchev–Trinajstić information content (AvgIpc) is 2.59. The van der Waals surface area contributed by atoms with Crippen LogP contribution >= 0.6 is 0 Å². The van der Waals surface area contributed by atoms with Crippen molar-refractivity contribution >= 4 is 22.8 Å². The second-order valence-electron chi connectivity index (χ2n) is 4.99. The van der Waals surface area contributed by atoms with Crippen LogP contribution in [0.15, 0.2) is 58.7 Å². The van der Waals surface area contributed by atoms with Crippen molar-refractivity contribution in [3.8, 4) is 0 Å². The van der Waals surface area contributed by atoms with Crippen LogP contribution in [0.25, 0.3) is 0 Å². The molecule has 0 saturated heterocycles. The molecule has 2 aromatic rings. The van der Waals surface area contributed by atoms with Crippen LogP contribution in [-0.2, 0) is 0 Å². The van der Waals surface area contributed by atoms with Crippen LogP contribution in [0.1, 0.15) is 25.0 Å². The highest BCUT2D eigenvalue weighted by atomic mass is 16.6. The number of rotatable bonds is 5. The van der Waals surface area contributed by atoms with Gasteiger partial charge in [-0.15, -0.1) is 0 Å². The monoisotopic (exact) mass is 326 g/mol. The van der Waals surface area contributed by atoms with Crippen LogP contribution in [0.3, 0.4) is 0 Å². The quantitative estimate of drug-likeness (QED) is 0.473. The molecule has 24 heavy (non-hydrogen) atoms. The Kier molecular flexibility index (Phi) is 5.10. The molecular weight excluding hydrogens is 312 g/mol. The van der Waals surface area contributed by atoms with Gasteiger partial charge in [-0.2, -0.15) is 10.2 Å². The molecule has 2 aromatic carbocycles. The van der Waals surface area contributed by atoms with E-state index in [1.54, 1.807) is 38.1 Å². The van der Waals surface area contributed by atoms with Gasteiger partial charge in [0, 0.05) is 35.4 Å². The topological polar surface area (TPSA) is 111 Å². The van der Waals surface area contributed by atoms with E-state index < -0.39 is 9.85 Å². The molecule has 0 aliphatic rings. The third-order valence-corrected chi connectivity index (χ3v) is 3.30. The van der Waals surface area contributed by atoms with Gasteiger partial charge in [-0.25, -0.2) is 0 Å². The first-order valence-electron chi connectivity index (χ1n) is 6.97. The molecule has 8 nitrogen and oxygen atoms in total. The summed E-state index contributed by atoms with van der Waals surface area (Å²) in [6.45, 7) is 3.37. The predicted octanol–water partition coefficient (Wildman–Crippen LogP) is 3.74. The van der Waals surface area contributed by atoms with Crippen molar-refractivity contribution in [2.45, 2.75) is 13.8 Å². The summed E-state index contributed by atoms with van der Waals surface area (Å²) in [6, 6.07) is 12.2. The zero-order valence-corrected chi connectivity index (χ0v) is 13.0. The van der Waals surface area contributed by atoms with E-state index in [9.17, 15) is 20.2 Å². The Bertz CT molecular complexity index is 787. The summed E-state index contributed by atoms with van der Waals surface area (Å²) >= 11 is 0. The van der Waals surface area contributed by atoms with Crippen molar-refractivity contribution in [3.63, 3.8) is 0 Å². The fourth-order valence-electron chi connectivity index (χ4n) is 1.95. The molecule has 0 aliphatic heterocycles. The maximum Gasteiger partial charge on any atom is 0.270 e. The zero-order chi connectivity index (χ0) is 17.7. The third-order valence-electron chi connectivity index (χ3n) is 3.30. The van der Waals surface area contributed by atoms with E-state index in [-0.39, 0.29) is 11.4 Å². The highest BCUT2D eigenvalue weighted by Gasteiger charge is 2.09. The second-order valence-corrected chi connectivity index (χ2v) is 4.99. The number of non-ortho nitro benzene ring substituents is 2. The van der Waals surface area contributed by atoms with E-state index in [1.807, 2.05) is 0 Å². The fraction of sp³-hybridized carbons (Fsp3) is 0.125. The van der Waals surface area contributed by atoms with E-state index in [2.05, 4.69) is 10.2 Å². The van der Waals surface area contributed by atoms with Gasteiger partial charge in [0.15, 0.2) is 0 Å². The molecule has 0 spiro atoms. The zero-order valence-electron chi connectivity index (χ0n) is 13.0. The van der Waals surface area contributed by atoms with Crippen LogP contribution in [-0.4, -0.2) is 21.3 Å². The number of benzene rings is 2. The standard InChI is InChI=1S/C16H14N4O4/c1-11(13-5-3-7-15(9-13)19(21)22)17-18-12(2)14-6-4-8-16(10-14)20(23)24/h3-10H,1-2H3/b17-11-,18-12-. The Morgan fingerprint density at radius 3 is 1.50 bits per heavy atom. The first-order valence-corrected chi connectivity index (χ1v) is 6.97. The Balaban J connectivity index is 2.29. The Morgan fingerprint density at radius 1 is 0.792 bits per heavy atom. The molecule has 8 heteroatoms. The van der Waals surface area contributed by atoms with Crippen molar-refractivity contribution in [1.82, 2.24) is 0 Å². The summed E-state index contributed by atoms with van der Waals surface area (Å²) < 4.78 is 0. The van der Waals surface area contributed by atoms with Crippen molar-refractivity contribution in [3.05, 3.63) is 79.9 Å². The van der Waals surface area contributed by atoms with Gasteiger partial charge in [0.1, 0.15) is 0 Å². The minimum atomic E-state index is -0.478. The SMILES string of the molecule is C/C(=N/N=C(/C)c1cccc([N+](=O)[O-])c1)c1cccc([N+](=O)[O-])c1. The van der Waals surface area contributed by atoms with Gasteiger partial charge < -0.3 is 0 Å². The molecule has 0 aromatic heterocycles. The summed E-state index contributed by atoms with van der Waals surface area (Å²) in [5, 5.41) is 29.7. The number of nitrogens with zero attached hydrogens (tertiary/aromatic N) is 4. The van der Waals surface area contributed by atoms with Gasteiger partial charge in [-0.1, -0.05) is 24.3 Å². The number of hydrogen-bond acceptors (Lipinski definition) is 6. The number of nitro groups is 2. The minimum Gasteiger partial charge on any atom is -0.258 e. The lowest BCUT2D eigenvalue weighted by Crippen LogP contribution is -1.99. The summed E-state index contributed by atoms with van der Waals surface area (Å²) in [6.07, 6.45) is 0. The summed E-state index contributed by atoms with van der Waals surface area (Å²) in [5.41, 5.74) is 2.12. The Labute approximate surface area is 137 Å². The molecule has 0 atom stereocenters. The van der Waals surface area contributed by atoms with Gasteiger partial charge >= 0.3 is 0 Å². The molecular formula is C16H14N4O4. The molecule has 0 N–H and O–H groups in total. The molecule has 0 unspecified atom stereocenters. The first-order chi connectivity index (χ1) is 11.4. The van der Waals surface area contributed by atoms with E-state index >= 15 is 0 Å². The third kappa shape index (κ3) is 4.07. The molecule has 0 amide bonds. The summed E-state index contributed by atoms with van der Waals surface area (Å²) in [4.78, 5) is 20.6. The van der Waals surface area contributed by atoms with Crippen molar-refractivity contribution in [2.75, 3.05) is 0 Å². The average molecular weight is 326 g/mol. The van der Waals surface area contributed by atoms with Gasteiger partial charge in [0.05, 0.1) is 21.3 Å². The minimum absolute atomic E-state index is 0.0264. The van der Waals surface area contributed by atoms with Crippen molar-refractivity contribution in [2.24, 2.45) is 10.2 Å². The lowest BCUT2D eigenvalue weighted by atomic mass is 10.1. The van der Waals surface area contributed by atoms with Crippen LogP contribution in [0.5, 0.6) is 0 Å². The van der Waals surface area contributed by atoms with Gasteiger partial charge in [-0.05, 0) is 13.8 Å². The molecule has 0 bridgehead atoms. The smallest absolute Gasteiger partial charge is 0.258 e. The first kappa shape index (κ1) is 16.9. The van der Waals surface area contributed by atoms with Gasteiger partial charge in [0.2, 0.25) is 0 Å². The van der Waals surface area contributed by atoms with Crippen LogP contribution in [0.4, 0.5) is 11.4 Å². The van der Waals surface area contributed by atoms with Crippen molar-refractivity contribution in [1.29, 1.82) is 0 Å². The van der Waals surface area contributed by atoms with Crippen LogP contribution in [0, 0.1) is 20.2 Å². The molecule has 0 saturated carbocycles. The van der Waals surface area contributed by atoms with Gasteiger partial charge in [-0.3, -0.25) is 20.2 Å². The van der Waals surface area contributed by atoms with E-state index in [0.717, 1.165) is 0 Å². The fourth-order valence-corrected chi connectivity index (χ4v) is 1.95. The molecule has 0 radical (unpaired) electrons. The molecule has 0 fully saturated rings. The van der Waals surface area contributed by atoms with E-state index in [0.29, 0.717) is 22.6 Å². The normalized spacial score (nSPS) is 12.1. The predicted molar refractivity (Wildman–Crippen MR) is 90.6 cm³/mol. The Hall–Kier alpha value is -3.42. The second kappa shape index (κ2) is 7.23. The lowest BCUT2D eigenvalue weighted by molar-refractivity contribution is -0.385. The largest absolute Gasteiger partial charge is 0.270 e. The molecule has 122 valence electrons. The van der Waals surface area contributed by atoms with Crippen LogP contribution in [0.2, 0.25) is 0 Å². The number of nitro benzene ring substituents is 2. The maximum atomic E-state index is 10.8. The molecule has 2 rings (SSSR count). The van der Waals surface area contributed by atoms with Gasteiger partial charge in [0.25, 0.3) is 11.4 Å². The summed E-state index contributed by atoms with van der Waals surface area (Å²) in [5.74, 6) is 0. The Morgan fingerprint density at radius 2 is 1.17 bits per heavy atom. The maximum absolute atomic E-state index is 10.8. The highest BCUT2D eigenvalue weighted by molar-refractivity contribution is 6.02. The lowest BCUT2D eigenvalue weighted by Gasteiger charge is -2.01. The van der Waals surface area contributed by atoms with E-state index in [1.165, 1.54) is 24.3 Å².